The molecule has 0 saturated carbocycles. The van der Waals surface area contributed by atoms with Crippen LogP contribution in [0.3, 0.4) is 0 Å². The highest BCUT2D eigenvalue weighted by Gasteiger charge is 2.19. The van der Waals surface area contributed by atoms with Gasteiger partial charge in [-0.1, -0.05) is 53.5 Å². The van der Waals surface area contributed by atoms with Gasteiger partial charge < -0.3 is 10.2 Å². The van der Waals surface area contributed by atoms with Crippen LogP contribution in [-0.4, -0.2) is 41.2 Å². The molecular weight excluding hydrogens is 419 g/mol. The van der Waals surface area contributed by atoms with Crippen LogP contribution in [0.15, 0.2) is 48.5 Å². The highest BCUT2D eigenvalue weighted by atomic mass is 35.5. The third-order valence-electron chi connectivity index (χ3n) is 5.23. The van der Waals surface area contributed by atoms with Crippen molar-refractivity contribution in [1.29, 1.82) is 0 Å². The van der Waals surface area contributed by atoms with Crippen LogP contribution in [-0.2, 0) is 11.2 Å². The summed E-state index contributed by atoms with van der Waals surface area (Å²) in [6.07, 6.45) is 0.272. The number of nitrogens with zero attached hydrogens (tertiary/aromatic N) is 3. The first-order valence-corrected chi connectivity index (χ1v) is 10.5. The normalized spacial score (nSPS) is 12.2. The van der Waals surface area contributed by atoms with E-state index in [-0.39, 0.29) is 18.4 Å². The van der Waals surface area contributed by atoms with Crippen LogP contribution in [0.4, 0.5) is 0 Å². The van der Waals surface area contributed by atoms with Crippen LogP contribution in [0.2, 0.25) is 10.0 Å². The Bertz CT molecular complexity index is 1030. The molecule has 1 atom stereocenters. The molecule has 2 aromatic carbocycles. The Morgan fingerprint density at radius 2 is 1.80 bits per heavy atom. The maximum absolute atomic E-state index is 12.7. The molecule has 3 aromatic rings. The summed E-state index contributed by atoms with van der Waals surface area (Å²) in [6.45, 7) is 4.41. The van der Waals surface area contributed by atoms with Crippen molar-refractivity contribution in [2.75, 3.05) is 20.6 Å². The zero-order chi connectivity index (χ0) is 21.8. The number of likely N-dealkylation sites (N-methyl/N-ethyl adjacent to an activating group) is 1. The molecule has 1 amide bonds. The number of hydrogen-bond donors (Lipinski definition) is 1. The molecule has 30 heavy (non-hydrogen) atoms. The average Bonchev–Trinajstić information content (AvgIpc) is 2.99. The fourth-order valence-electron chi connectivity index (χ4n) is 3.51. The lowest BCUT2D eigenvalue weighted by atomic mass is 10.1. The van der Waals surface area contributed by atoms with E-state index in [0.717, 1.165) is 22.6 Å². The Balaban J connectivity index is 1.72. The smallest absolute Gasteiger partial charge is 0.224 e. The Morgan fingerprint density at radius 1 is 1.10 bits per heavy atom. The van der Waals surface area contributed by atoms with E-state index in [1.807, 2.05) is 52.2 Å². The Hall–Kier alpha value is -2.34. The molecule has 1 unspecified atom stereocenters. The number of hydrogen-bond acceptors (Lipinski definition) is 3. The molecule has 0 aliphatic heterocycles. The summed E-state index contributed by atoms with van der Waals surface area (Å²) in [7, 11) is 4.03. The number of halogens is 2. The lowest BCUT2D eigenvalue weighted by Crippen LogP contribution is -2.35. The molecular formula is C23H26Cl2N4O. The van der Waals surface area contributed by atoms with Crippen molar-refractivity contribution in [3.05, 3.63) is 81.1 Å². The first-order chi connectivity index (χ1) is 14.3. The summed E-state index contributed by atoms with van der Waals surface area (Å²) >= 11 is 12.2. The van der Waals surface area contributed by atoms with Gasteiger partial charge in [0.25, 0.3) is 0 Å². The zero-order valence-electron chi connectivity index (χ0n) is 17.6. The minimum Gasteiger partial charge on any atom is -0.354 e. The number of amides is 1. The van der Waals surface area contributed by atoms with Crippen molar-refractivity contribution in [2.45, 2.75) is 26.3 Å². The number of nitrogens with one attached hydrogen (secondary N) is 1. The van der Waals surface area contributed by atoms with Gasteiger partial charge in [-0.25, -0.2) is 4.68 Å². The number of aryl methyl sites for hydroxylation is 1. The maximum atomic E-state index is 12.7. The van der Waals surface area contributed by atoms with E-state index in [1.165, 1.54) is 5.56 Å². The molecule has 1 N–H and O–H groups in total. The van der Waals surface area contributed by atoms with Crippen molar-refractivity contribution in [1.82, 2.24) is 20.0 Å². The van der Waals surface area contributed by atoms with E-state index in [0.29, 0.717) is 16.6 Å². The lowest BCUT2D eigenvalue weighted by Gasteiger charge is -2.25. The maximum Gasteiger partial charge on any atom is 0.224 e. The quantitative estimate of drug-likeness (QED) is 0.571. The number of rotatable bonds is 7. The van der Waals surface area contributed by atoms with Gasteiger partial charge >= 0.3 is 0 Å². The zero-order valence-corrected chi connectivity index (χ0v) is 19.1. The second-order valence-corrected chi connectivity index (χ2v) is 8.34. The summed E-state index contributed by atoms with van der Waals surface area (Å²) in [4.78, 5) is 14.8. The summed E-state index contributed by atoms with van der Waals surface area (Å²) in [5.74, 6) is -0.0299. The van der Waals surface area contributed by atoms with E-state index in [2.05, 4.69) is 27.4 Å². The van der Waals surface area contributed by atoms with Gasteiger partial charge in [-0.2, -0.15) is 5.10 Å². The molecule has 0 bridgehead atoms. The van der Waals surface area contributed by atoms with Crippen molar-refractivity contribution in [2.24, 2.45) is 0 Å². The second kappa shape index (κ2) is 9.65. The van der Waals surface area contributed by atoms with Crippen LogP contribution in [0.25, 0.3) is 5.69 Å². The largest absolute Gasteiger partial charge is 0.354 e. The molecule has 0 fully saturated rings. The number of carbonyl (C=O) groups excluding carboxylic acids is 1. The SMILES string of the molecule is Cc1nn(-c2ccc(Cl)c(Cl)c2)c(C)c1CC(=O)NCC(c1ccccc1)N(C)C. The Labute approximate surface area is 187 Å². The van der Waals surface area contributed by atoms with E-state index < -0.39 is 0 Å². The summed E-state index contributed by atoms with van der Waals surface area (Å²) in [5.41, 5.74) is 4.63. The Morgan fingerprint density at radius 3 is 2.43 bits per heavy atom. The van der Waals surface area contributed by atoms with E-state index in [9.17, 15) is 4.79 Å². The molecule has 0 aliphatic rings. The standard InChI is InChI=1S/C23H26Cl2N4O/c1-15-19(16(2)29(27-15)18-10-11-20(24)21(25)12-18)13-23(30)26-14-22(28(3)4)17-8-6-5-7-9-17/h5-12,22H,13-14H2,1-4H3,(H,26,30). The average molecular weight is 445 g/mol. The van der Waals surface area contributed by atoms with Crippen molar-refractivity contribution in [3.63, 3.8) is 0 Å². The van der Waals surface area contributed by atoms with Crippen molar-refractivity contribution >= 4 is 29.1 Å². The number of benzene rings is 2. The molecule has 0 spiro atoms. The molecule has 7 heteroatoms. The van der Waals surface area contributed by atoms with Gasteiger partial charge in [0.15, 0.2) is 0 Å². The molecule has 158 valence electrons. The minimum absolute atomic E-state index is 0.0299. The predicted molar refractivity (Wildman–Crippen MR) is 123 cm³/mol. The van der Waals surface area contributed by atoms with Gasteiger partial charge in [0.05, 0.1) is 33.9 Å². The van der Waals surface area contributed by atoms with E-state index in [4.69, 9.17) is 23.2 Å². The highest BCUT2D eigenvalue weighted by molar-refractivity contribution is 6.42. The van der Waals surface area contributed by atoms with Gasteiger partial charge in [-0.05, 0) is 51.7 Å². The monoisotopic (exact) mass is 444 g/mol. The van der Waals surface area contributed by atoms with E-state index >= 15 is 0 Å². The van der Waals surface area contributed by atoms with Crippen LogP contribution in [0, 0.1) is 13.8 Å². The fraction of sp³-hybridized carbons (Fsp3) is 0.304. The molecule has 0 radical (unpaired) electrons. The number of aromatic nitrogens is 2. The molecule has 3 rings (SSSR count). The highest BCUT2D eigenvalue weighted by Crippen LogP contribution is 2.26. The summed E-state index contributed by atoms with van der Waals surface area (Å²) in [6, 6.07) is 15.7. The third-order valence-corrected chi connectivity index (χ3v) is 5.97. The van der Waals surface area contributed by atoms with Gasteiger partial charge in [-0.3, -0.25) is 4.79 Å². The van der Waals surface area contributed by atoms with Gasteiger partial charge in [-0.15, -0.1) is 0 Å². The molecule has 1 aromatic heterocycles. The van der Waals surface area contributed by atoms with Gasteiger partial charge in [0.1, 0.15) is 0 Å². The number of carbonyl (C=O) groups is 1. The topological polar surface area (TPSA) is 50.2 Å². The minimum atomic E-state index is -0.0299. The van der Waals surface area contributed by atoms with Gasteiger partial charge in [0, 0.05) is 17.8 Å². The molecule has 5 nitrogen and oxygen atoms in total. The van der Waals surface area contributed by atoms with Crippen LogP contribution in [0.5, 0.6) is 0 Å². The fourth-order valence-corrected chi connectivity index (χ4v) is 3.80. The second-order valence-electron chi connectivity index (χ2n) is 7.53. The van der Waals surface area contributed by atoms with E-state index in [1.54, 1.807) is 16.8 Å². The van der Waals surface area contributed by atoms with Crippen molar-refractivity contribution < 1.29 is 4.79 Å². The molecule has 1 heterocycles. The summed E-state index contributed by atoms with van der Waals surface area (Å²) < 4.78 is 1.80. The summed E-state index contributed by atoms with van der Waals surface area (Å²) in [5, 5.41) is 8.64. The Kier molecular flexibility index (Phi) is 7.19. The molecule has 0 aliphatic carbocycles. The lowest BCUT2D eigenvalue weighted by molar-refractivity contribution is -0.120. The van der Waals surface area contributed by atoms with Crippen LogP contribution in [0.1, 0.15) is 28.6 Å². The van der Waals surface area contributed by atoms with Crippen LogP contribution < -0.4 is 5.32 Å². The van der Waals surface area contributed by atoms with Crippen molar-refractivity contribution in [3.8, 4) is 5.69 Å². The third kappa shape index (κ3) is 5.04. The van der Waals surface area contributed by atoms with Gasteiger partial charge in [0.2, 0.25) is 5.91 Å². The predicted octanol–water partition coefficient (Wildman–Crippen LogP) is 4.76. The first kappa shape index (κ1) is 22.3. The molecule has 0 saturated heterocycles. The van der Waals surface area contributed by atoms with Crippen LogP contribution >= 0.6 is 23.2 Å². The first-order valence-electron chi connectivity index (χ1n) is 9.76.